The van der Waals surface area contributed by atoms with E-state index in [1.54, 1.807) is 4.90 Å². The summed E-state index contributed by atoms with van der Waals surface area (Å²) in [7, 11) is 0. The Morgan fingerprint density at radius 3 is 2.45 bits per heavy atom. The second-order valence-electron chi connectivity index (χ2n) is 9.76. The van der Waals surface area contributed by atoms with E-state index < -0.39 is 0 Å². The third-order valence-corrected chi connectivity index (χ3v) is 7.52. The highest BCUT2D eigenvalue weighted by Crippen LogP contribution is 2.26. The number of carbonyl (C=O) groups excluding carboxylic acids is 2. The molecule has 2 fully saturated rings. The Bertz CT molecular complexity index is 1270. The van der Waals surface area contributed by atoms with Crippen LogP contribution in [0.1, 0.15) is 28.8 Å². The van der Waals surface area contributed by atoms with Gasteiger partial charge in [0.2, 0.25) is 5.91 Å². The number of aryl methyl sites for hydroxylation is 1. The van der Waals surface area contributed by atoms with Crippen LogP contribution in [0.5, 0.6) is 0 Å². The maximum Gasteiger partial charge on any atom is 0.254 e. The molecule has 5 rings (SSSR count). The van der Waals surface area contributed by atoms with Crippen molar-refractivity contribution in [3.8, 4) is 11.3 Å². The Morgan fingerprint density at radius 2 is 1.76 bits per heavy atom. The van der Waals surface area contributed by atoms with Crippen LogP contribution in [0.3, 0.4) is 0 Å². The van der Waals surface area contributed by atoms with Gasteiger partial charge in [0.1, 0.15) is 6.54 Å². The van der Waals surface area contributed by atoms with Crippen LogP contribution in [0.15, 0.2) is 60.7 Å². The summed E-state index contributed by atoms with van der Waals surface area (Å²) in [6, 6.07) is 18.9. The number of ether oxygens (including phenoxy) is 1. The predicted octanol–water partition coefficient (Wildman–Crippen LogP) is 4.08. The SMILES string of the molecule is Cc1ccccc1C(=O)N(CC(=O)N1CCN(c2ccc(-c3ccccc3Cl)nn2)CC1)C[C@@H]1CCCO1. The van der Waals surface area contributed by atoms with E-state index in [1.165, 1.54) is 0 Å². The maximum absolute atomic E-state index is 13.4. The fourth-order valence-corrected chi connectivity index (χ4v) is 5.22. The number of hydrogen-bond acceptors (Lipinski definition) is 6. The van der Waals surface area contributed by atoms with Crippen molar-refractivity contribution < 1.29 is 14.3 Å². The lowest BCUT2D eigenvalue weighted by molar-refractivity contribution is -0.132. The van der Waals surface area contributed by atoms with Crippen molar-refractivity contribution in [3.05, 3.63) is 76.8 Å². The highest BCUT2D eigenvalue weighted by molar-refractivity contribution is 6.33. The molecule has 0 radical (unpaired) electrons. The molecular formula is C29H32ClN5O3. The molecule has 0 unspecified atom stereocenters. The number of amides is 2. The van der Waals surface area contributed by atoms with Crippen LogP contribution in [0, 0.1) is 6.92 Å². The first-order valence-corrected chi connectivity index (χ1v) is 13.5. The Balaban J connectivity index is 1.21. The molecule has 0 bridgehead atoms. The minimum atomic E-state index is -0.125. The van der Waals surface area contributed by atoms with Crippen molar-refractivity contribution in [3.63, 3.8) is 0 Å². The van der Waals surface area contributed by atoms with Crippen LogP contribution in [0.4, 0.5) is 5.82 Å². The van der Waals surface area contributed by atoms with Gasteiger partial charge in [-0.2, -0.15) is 0 Å². The lowest BCUT2D eigenvalue weighted by Gasteiger charge is -2.36. The molecule has 1 atom stereocenters. The van der Waals surface area contributed by atoms with Gasteiger partial charge in [-0.15, -0.1) is 10.2 Å². The van der Waals surface area contributed by atoms with Crippen molar-refractivity contribution in [1.29, 1.82) is 0 Å². The van der Waals surface area contributed by atoms with Crippen molar-refractivity contribution in [2.45, 2.75) is 25.9 Å². The number of rotatable bonds is 7. The molecule has 8 nitrogen and oxygen atoms in total. The van der Waals surface area contributed by atoms with E-state index >= 15 is 0 Å². The third kappa shape index (κ3) is 5.97. The molecule has 0 saturated carbocycles. The van der Waals surface area contributed by atoms with Gasteiger partial charge in [0, 0.05) is 50.5 Å². The zero-order valence-corrected chi connectivity index (χ0v) is 22.3. The lowest BCUT2D eigenvalue weighted by atomic mass is 10.1. The average molecular weight is 534 g/mol. The summed E-state index contributed by atoms with van der Waals surface area (Å²) in [6.45, 7) is 5.48. The van der Waals surface area contributed by atoms with Crippen molar-refractivity contribution in [2.75, 3.05) is 50.8 Å². The number of halogens is 1. The van der Waals surface area contributed by atoms with Gasteiger partial charge in [-0.05, 0) is 49.6 Å². The molecule has 0 spiro atoms. The number of benzene rings is 2. The normalized spacial score (nSPS) is 17.5. The minimum absolute atomic E-state index is 0.0278. The molecule has 3 heterocycles. The molecule has 38 heavy (non-hydrogen) atoms. The van der Waals surface area contributed by atoms with E-state index in [0.29, 0.717) is 49.9 Å². The Hall–Kier alpha value is -3.49. The van der Waals surface area contributed by atoms with Crippen LogP contribution >= 0.6 is 11.6 Å². The number of carbonyl (C=O) groups is 2. The summed E-state index contributed by atoms with van der Waals surface area (Å²) in [4.78, 5) is 32.3. The van der Waals surface area contributed by atoms with Crippen molar-refractivity contribution >= 4 is 29.2 Å². The summed E-state index contributed by atoms with van der Waals surface area (Å²) in [6.07, 6.45) is 1.86. The first-order valence-electron chi connectivity index (χ1n) is 13.1. The van der Waals surface area contributed by atoms with E-state index in [1.807, 2.05) is 72.5 Å². The summed E-state index contributed by atoms with van der Waals surface area (Å²) in [5.41, 5.74) is 3.09. The van der Waals surface area contributed by atoms with Gasteiger partial charge < -0.3 is 19.4 Å². The first kappa shape index (κ1) is 26.1. The Labute approximate surface area is 228 Å². The molecule has 1 aromatic heterocycles. The smallest absolute Gasteiger partial charge is 0.254 e. The van der Waals surface area contributed by atoms with E-state index in [4.69, 9.17) is 16.3 Å². The lowest BCUT2D eigenvalue weighted by Crippen LogP contribution is -2.52. The van der Waals surface area contributed by atoms with E-state index in [-0.39, 0.29) is 24.5 Å². The minimum Gasteiger partial charge on any atom is -0.376 e. The monoisotopic (exact) mass is 533 g/mol. The van der Waals surface area contributed by atoms with Crippen LogP contribution in [-0.4, -0.2) is 83.8 Å². The molecule has 9 heteroatoms. The number of nitrogens with zero attached hydrogens (tertiary/aromatic N) is 5. The largest absolute Gasteiger partial charge is 0.376 e. The number of aromatic nitrogens is 2. The van der Waals surface area contributed by atoms with Crippen LogP contribution < -0.4 is 4.90 Å². The van der Waals surface area contributed by atoms with Crippen LogP contribution in [0.2, 0.25) is 5.02 Å². The Kier molecular flexibility index (Phi) is 8.20. The van der Waals surface area contributed by atoms with E-state index in [2.05, 4.69) is 15.1 Å². The molecule has 2 saturated heterocycles. The standard InChI is InChI=1S/C29H32ClN5O3/c1-21-7-2-3-9-23(21)29(37)35(19-22-8-6-18-38-22)20-28(36)34-16-14-33(15-17-34)27-13-12-26(31-32-27)24-10-4-5-11-25(24)30/h2-5,7,9-13,22H,6,8,14-20H2,1H3/t22-/m0/s1. The molecule has 0 N–H and O–H groups in total. The molecule has 2 aromatic carbocycles. The van der Waals surface area contributed by atoms with Gasteiger partial charge in [0.25, 0.3) is 5.91 Å². The summed E-state index contributed by atoms with van der Waals surface area (Å²) < 4.78 is 5.79. The Morgan fingerprint density at radius 1 is 1.00 bits per heavy atom. The van der Waals surface area contributed by atoms with E-state index in [0.717, 1.165) is 35.5 Å². The summed E-state index contributed by atoms with van der Waals surface area (Å²) in [5.74, 6) is 0.590. The summed E-state index contributed by atoms with van der Waals surface area (Å²) in [5, 5.41) is 9.41. The zero-order valence-electron chi connectivity index (χ0n) is 21.6. The quantitative estimate of drug-likeness (QED) is 0.455. The van der Waals surface area contributed by atoms with Crippen molar-refractivity contribution in [2.24, 2.45) is 0 Å². The van der Waals surface area contributed by atoms with Crippen molar-refractivity contribution in [1.82, 2.24) is 20.0 Å². The van der Waals surface area contributed by atoms with Gasteiger partial charge in [-0.1, -0.05) is 48.0 Å². The molecule has 2 amide bonds. The fraction of sp³-hybridized carbons (Fsp3) is 0.379. The molecule has 2 aliphatic rings. The molecular weight excluding hydrogens is 502 g/mol. The van der Waals surface area contributed by atoms with E-state index in [9.17, 15) is 9.59 Å². The molecule has 198 valence electrons. The highest BCUT2D eigenvalue weighted by atomic mass is 35.5. The average Bonchev–Trinajstić information content (AvgIpc) is 3.46. The third-order valence-electron chi connectivity index (χ3n) is 7.19. The van der Waals surface area contributed by atoms with Gasteiger partial charge >= 0.3 is 0 Å². The number of hydrogen-bond donors (Lipinski definition) is 0. The maximum atomic E-state index is 13.4. The van der Waals surface area contributed by atoms with Gasteiger partial charge in [-0.3, -0.25) is 9.59 Å². The highest BCUT2D eigenvalue weighted by Gasteiger charge is 2.29. The zero-order chi connectivity index (χ0) is 26.5. The van der Waals surface area contributed by atoms with Crippen LogP contribution in [-0.2, 0) is 9.53 Å². The topological polar surface area (TPSA) is 78.9 Å². The molecule has 2 aliphatic heterocycles. The van der Waals surface area contributed by atoms with Gasteiger partial charge in [0.15, 0.2) is 5.82 Å². The van der Waals surface area contributed by atoms with Crippen LogP contribution in [0.25, 0.3) is 11.3 Å². The molecule has 3 aromatic rings. The second-order valence-corrected chi connectivity index (χ2v) is 10.2. The fourth-order valence-electron chi connectivity index (χ4n) is 4.99. The van der Waals surface area contributed by atoms with Gasteiger partial charge in [0.05, 0.1) is 16.8 Å². The van der Waals surface area contributed by atoms with Gasteiger partial charge in [-0.25, -0.2) is 0 Å². The number of anilines is 1. The predicted molar refractivity (Wildman–Crippen MR) is 147 cm³/mol. The number of piperazine rings is 1. The first-order chi connectivity index (χ1) is 18.5. The summed E-state index contributed by atoms with van der Waals surface area (Å²) >= 11 is 6.29. The molecule has 0 aliphatic carbocycles. The second kappa shape index (κ2) is 11.9.